The van der Waals surface area contributed by atoms with Crippen molar-refractivity contribution < 1.29 is 9.59 Å². The smallest absolute Gasteiger partial charge is 0.321 e. The highest BCUT2D eigenvalue weighted by Crippen LogP contribution is 2.19. The van der Waals surface area contributed by atoms with Gasteiger partial charge in [0.15, 0.2) is 0 Å². The van der Waals surface area contributed by atoms with Crippen LogP contribution in [0.1, 0.15) is 13.3 Å². The zero-order chi connectivity index (χ0) is 15.7. The Bertz CT molecular complexity index is 724. The van der Waals surface area contributed by atoms with E-state index in [-0.39, 0.29) is 18.0 Å². The van der Waals surface area contributed by atoms with Gasteiger partial charge in [-0.1, -0.05) is 0 Å². The fraction of sp³-hybridized carbons (Fsp3) is 0.400. The van der Waals surface area contributed by atoms with Crippen molar-refractivity contribution in [2.24, 2.45) is 7.05 Å². The molecule has 0 spiro atoms. The maximum absolute atomic E-state index is 12.3. The van der Waals surface area contributed by atoms with Crippen molar-refractivity contribution in [2.75, 3.05) is 18.4 Å². The van der Waals surface area contributed by atoms with E-state index in [1.807, 2.05) is 29.8 Å². The molecule has 0 saturated carbocycles. The molecule has 1 fully saturated rings. The topological polar surface area (TPSA) is 79.3 Å². The summed E-state index contributed by atoms with van der Waals surface area (Å²) in [4.78, 5) is 29.3. The van der Waals surface area contributed by atoms with Crippen molar-refractivity contribution in [1.29, 1.82) is 0 Å². The summed E-state index contributed by atoms with van der Waals surface area (Å²) in [5.41, 5.74) is 2.60. The van der Waals surface area contributed by atoms with Crippen molar-refractivity contribution in [2.45, 2.75) is 19.4 Å². The Morgan fingerprint density at radius 2 is 2.18 bits per heavy atom. The molecular formula is C15H19N5O2. The molecule has 1 atom stereocenters. The maximum Gasteiger partial charge on any atom is 0.321 e. The van der Waals surface area contributed by atoms with E-state index in [9.17, 15) is 9.59 Å². The van der Waals surface area contributed by atoms with Crippen LogP contribution >= 0.6 is 0 Å². The Morgan fingerprint density at radius 1 is 1.36 bits per heavy atom. The first kappa shape index (κ1) is 14.4. The lowest BCUT2D eigenvalue weighted by molar-refractivity contribution is -0.119. The average Bonchev–Trinajstić information content (AvgIpc) is 3.06. The lowest BCUT2D eigenvalue weighted by Gasteiger charge is -2.17. The predicted octanol–water partition coefficient (Wildman–Crippen LogP) is 1.32. The summed E-state index contributed by atoms with van der Waals surface area (Å²) in [6.07, 6.45) is 2.53. The number of urea groups is 1. The monoisotopic (exact) mass is 301 g/mol. The van der Waals surface area contributed by atoms with E-state index in [0.29, 0.717) is 13.1 Å². The molecule has 1 aliphatic heterocycles. The molecule has 1 saturated heterocycles. The lowest BCUT2D eigenvalue weighted by Crippen LogP contribution is -2.38. The number of hydrogen-bond donors (Lipinski definition) is 2. The number of carbonyl (C=O) groups is 2. The van der Waals surface area contributed by atoms with Gasteiger partial charge in [0.05, 0.1) is 17.4 Å². The van der Waals surface area contributed by atoms with Crippen LogP contribution in [0.15, 0.2) is 24.5 Å². The van der Waals surface area contributed by atoms with Crippen molar-refractivity contribution in [1.82, 2.24) is 19.8 Å². The minimum absolute atomic E-state index is 0.0443. The highest BCUT2D eigenvalue weighted by atomic mass is 16.2. The van der Waals surface area contributed by atoms with Crippen molar-refractivity contribution >= 4 is 28.7 Å². The second-order valence-electron chi connectivity index (χ2n) is 5.62. The third-order valence-corrected chi connectivity index (χ3v) is 3.86. The molecule has 1 aromatic heterocycles. The summed E-state index contributed by atoms with van der Waals surface area (Å²) >= 11 is 0. The van der Waals surface area contributed by atoms with Crippen LogP contribution in [-0.4, -0.2) is 45.5 Å². The lowest BCUT2D eigenvalue weighted by atomic mass is 10.2. The summed E-state index contributed by atoms with van der Waals surface area (Å²) in [7, 11) is 1.92. The molecule has 116 valence electrons. The Morgan fingerprint density at radius 3 is 2.95 bits per heavy atom. The van der Waals surface area contributed by atoms with E-state index in [2.05, 4.69) is 15.6 Å². The highest BCUT2D eigenvalue weighted by Gasteiger charge is 2.26. The van der Waals surface area contributed by atoms with Crippen LogP contribution in [0, 0.1) is 0 Å². The Balaban J connectivity index is 1.66. The summed E-state index contributed by atoms with van der Waals surface area (Å²) in [6.45, 7) is 2.68. The third kappa shape index (κ3) is 2.88. The molecule has 7 nitrogen and oxygen atoms in total. The van der Waals surface area contributed by atoms with Gasteiger partial charge in [-0.05, 0) is 24.6 Å². The molecule has 1 unspecified atom stereocenters. The van der Waals surface area contributed by atoms with Gasteiger partial charge in [0, 0.05) is 38.8 Å². The Kier molecular flexibility index (Phi) is 3.70. The van der Waals surface area contributed by atoms with Crippen LogP contribution < -0.4 is 10.6 Å². The predicted molar refractivity (Wildman–Crippen MR) is 83.5 cm³/mol. The number of rotatable bonds is 2. The van der Waals surface area contributed by atoms with E-state index in [1.165, 1.54) is 6.92 Å². The Labute approximate surface area is 128 Å². The second kappa shape index (κ2) is 5.67. The average molecular weight is 301 g/mol. The zero-order valence-electron chi connectivity index (χ0n) is 12.7. The van der Waals surface area contributed by atoms with Gasteiger partial charge in [0.1, 0.15) is 0 Å². The van der Waals surface area contributed by atoms with Crippen LogP contribution in [0.25, 0.3) is 11.0 Å². The number of fused-ring (bicyclic) bond motifs is 1. The van der Waals surface area contributed by atoms with Gasteiger partial charge < -0.3 is 20.1 Å². The number of amides is 3. The van der Waals surface area contributed by atoms with Gasteiger partial charge in [0.2, 0.25) is 5.91 Å². The molecule has 2 N–H and O–H groups in total. The molecule has 2 heterocycles. The first-order chi connectivity index (χ1) is 10.5. The normalized spacial score (nSPS) is 17.7. The molecule has 3 rings (SSSR count). The number of nitrogens with one attached hydrogen (secondary N) is 2. The summed E-state index contributed by atoms with van der Waals surface area (Å²) in [5, 5.41) is 5.75. The molecule has 1 aromatic carbocycles. The van der Waals surface area contributed by atoms with Gasteiger partial charge in [-0.25, -0.2) is 9.78 Å². The second-order valence-corrected chi connectivity index (χ2v) is 5.62. The molecule has 0 aliphatic carbocycles. The number of hydrogen-bond acceptors (Lipinski definition) is 3. The van der Waals surface area contributed by atoms with Crippen molar-refractivity contribution in [3.8, 4) is 0 Å². The number of imidazole rings is 1. The number of aromatic nitrogens is 2. The molecule has 7 heteroatoms. The molecular weight excluding hydrogens is 282 g/mol. The van der Waals surface area contributed by atoms with Gasteiger partial charge >= 0.3 is 6.03 Å². The van der Waals surface area contributed by atoms with Gasteiger partial charge in [-0.15, -0.1) is 0 Å². The van der Waals surface area contributed by atoms with Crippen LogP contribution in [-0.2, 0) is 11.8 Å². The SMILES string of the molecule is CC(=O)NC1CCN(C(=O)Nc2ccc3ncn(C)c3c2)C1. The third-order valence-electron chi connectivity index (χ3n) is 3.86. The van der Waals surface area contributed by atoms with E-state index < -0.39 is 0 Å². The van der Waals surface area contributed by atoms with Crippen molar-refractivity contribution in [3.05, 3.63) is 24.5 Å². The van der Waals surface area contributed by atoms with Crippen LogP contribution in [0.4, 0.5) is 10.5 Å². The molecule has 3 amide bonds. The highest BCUT2D eigenvalue weighted by molar-refractivity contribution is 5.92. The number of carbonyl (C=O) groups excluding carboxylic acids is 2. The minimum Gasteiger partial charge on any atom is -0.352 e. The number of anilines is 1. The number of benzene rings is 1. The molecule has 1 aliphatic rings. The summed E-state index contributed by atoms with van der Waals surface area (Å²) in [5.74, 6) is -0.0612. The standard InChI is InChI=1S/C15H19N5O2/c1-10(21)17-12-5-6-20(8-12)15(22)18-11-3-4-13-14(7-11)19(2)9-16-13/h3-4,7,9,12H,5-6,8H2,1-2H3,(H,17,21)(H,18,22). The van der Waals surface area contributed by atoms with E-state index in [0.717, 1.165) is 23.1 Å². The van der Waals surface area contributed by atoms with Crippen LogP contribution in [0.5, 0.6) is 0 Å². The minimum atomic E-state index is -0.144. The first-order valence-electron chi connectivity index (χ1n) is 7.27. The largest absolute Gasteiger partial charge is 0.352 e. The fourth-order valence-corrected chi connectivity index (χ4v) is 2.76. The number of nitrogens with zero attached hydrogens (tertiary/aromatic N) is 3. The number of likely N-dealkylation sites (tertiary alicyclic amines) is 1. The van der Waals surface area contributed by atoms with Gasteiger partial charge in [-0.3, -0.25) is 4.79 Å². The fourth-order valence-electron chi connectivity index (χ4n) is 2.76. The van der Waals surface area contributed by atoms with Gasteiger partial charge in [0.25, 0.3) is 0 Å². The van der Waals surface area contributed by atoms with E-state index in [1.54, 1.807) is 11.2 Å². The summed E-state index contributed by atoms with van der Waals surface area (Å²) in [6, 6.07) is 5.53. The zero-order valence-corrected chi connectivity index (χ0v) is 12.7. The first-order valence-corrected chi connectivity index (χ1v) is 7.27. The Hall–Kier alpha value is -2.57. The molecule has 2 aromatic rings. The maximum atomic E-state index is 12.3. The molecule has 0 bridgehead atoms. The molecule has 22 heavy (non-hydrogen) atoms. The van der Waals surface area contributed by atoms with Crippen LogP contribution in [0.2, 0.25) is 0 Å². The van der Waals surface area contributed by atoms with Crippen molar-refractivity contribution in [3.63, 3.8) is 0 Å². The van der Waals surface area contributed by atoms with Gasteiger partial charge in [-0.2, -0.15) is 0 Å². The summed E-state index contributed by atoms with van der Waals surface area (Å²) < 4.78 is 1.91. The number of aryl methyl sites for hydroxylation is 1. The molecule has 0 radical (unpaired) electrons. The van der Waals surface area contributed by atoms with E-state index >= 15 is 0 Å². The quantitative estimate of drug-likeness (QED) is 0.878. The van der Waals surface area contributed by atoms with Crippen LogP contribution in [0.3, 0.4) is 0 Å². The van der Waals surface area contributed by atoms with E-state index in [4.69, 9.17) is 0 Å².